The molecule has 0 radical (unpaired) electrons. The number of rotatable bonds is 0. The van der Waals surface area contributed by atoms with E-state index in [4.69, 9.17) is 0 Å². The molecule has 0 aromatic heterocycles. The summed E-state index contributed by atoms with van der Waals surface area (Å²) in [7, 11) is 0. The van der Waals surface area contributed by atoms with E-state index in [1.807, 2.05) is 0 Å². The van der Waals surface area contributed by atoms with Gasteiger partial charge in [-0.25, -0.2) is 0 Å². The number of piperidine rings is 2. The minimum atomic E-state index is 0.509. The Kier molecular flexibility index (Phi) is 1.71. The Hall–Kier alpha value is -0.0400. The van der Waals surface area contributed by atoms with Crippen molar-refractivity contribution in [3.05, 3.63) is 0 Å². The molecule has 1 N–H and O–H groups in total. The molecule has 2 heterocycles. The molecule has 2 rings (SSSR count). The van der Waals surface area contributed by atoms with E-state index in [1.54, 1.807) is 0 Å². The lowest BCUT2D eigenvalue weighted by atomic mass is 9.73. The maximum absolute atomic E-state index is 3.78. The molecule has 1 heteroatoms. The van der Waals surface area contributed by atoms with Crippen molar-refractivity contribution in [1.82, 2.24) is 5.32 Å². The van der Waals surface area contributed by atoms with Crippen molar-refractivity contribution >= 4 is 0 Å². The molecule has 2 aliphatic heterocycles. The molecular formula is C10H19N. The summed E-state index contributed by atoms with van der Waals surface area (Å²) >= 11 is 0. The Morgan fingerprint density at radius 3 is 2.82 bits per heavy atom. The fourth-order valence-corrected chi connectivity index (χ4v) is 2.68. The Balaban J connectivity index is 2.09. The Bertz CT molecular complexity index is 155. The van der Waals surface area contributed by atoms with Gasteiger partial charge in [0.15, 0.2) is 0 Å². The lowest BCUT2D eigenvalue weighted by Gasteiger charge is -2.47. The van der Waals surface area contributed by atoms with Crippen LogP contribution in [0.4, 0.5) is 0 Å². The third-order valence-electron chi connectivity index (χ3n) is 3.62. The van der Waals surface area contributed by atoms with Gasteiger partial charge in [0, 0.05) is 11.6 Å². The van der Waals surface area contributed by atoms with Gasteiger partial charge in [0.05, 0.1) is 0 Å². The molecular weight excluding hydrogens is 134 g/mol. The van der Waals surface area contributed by atoms with E-state index in [1.165, 1.54) is 32.1 Å². The average molecular weight is 153 g/mol. The highest BCUT2D eigenvalue weighted by Gasteiger charge is 2.37. The first-order valence-electron chi connectivity index (χ1n) is 4.97. The summed E-state index contributed by atoms with van der Waals surface area (Å²) in [6.07, 6.45) is 7.09. The van der Waals surface area contributed by atoms with Gasteiger partial charge in [0.2, 0.25) is 0 Å². The van der Waals surface area contributed by atoms with Crippen LogP contribution in [0, 0.1) is 5.92 Å². The zero-order chi connectivity index (χ0) is 7.90. The van der Waals surface area contributed by atoms with Gasteiger partial charge in [-0.3, -0.25) is 0 Å². The smallest absolute Gasteiger partial charge is 0.0156 e. The molecule has 1 nitrogen and oxygen atoms in total. The first kappa shape index (κ1) is 7.60. The zero-order valence-electron chi connectivity index (χ0n) is 7.69. The summed E-state index contributed by atoms with van der Waals surface area (Å²) in [4.78, 5) is 0. The van der Waals surface area contributed by atoms with Crippen molar-refractivity contribution in [2.24, 2.45) is 5.92 Å². The lowest BCUT2D eigenvalue weighted by molar-refractivity contribution is 0.116. The fourth-order valence-electron chi connectivity index (χ4n) is 2.68. The Labute approximate surface area is 69.6 Å². The van der Waals surface area contributed by atoms with Crippen LogP contribution in [0.25, 0.3) is 0 Å². The van der Waals surface area contributed by atoms with Gasteiger partial charge < -0.3 is 5.32 Å². The number of nitrogens with one attached hydrogen (secondary N) is 1. The molecule has 2 aliphatic rings. The monoisotopic (exact) mass is 153 g/mol. The standard InChI is InChI=1S/C10H19N/c1-8-5-7-10(2)6-3-4-9(8)11-10/h8-9,11H,3-7H2,1-2H3. The van der Waals surface area contributed by atoms with Gasteiger partial charge >= 0.3 is 0 Å². The molecule has 2 fully saturated rings. The highest BCUT2D eigenvalue weighted by Crippen LogP contribution is 2.36. The van der Waals surface area contributed by atoms with E-state index in [0.29, 0.717) is 5.54 Å². The predicted molar refractivity (Wildman–Crippen MR) is 47.6 cm³/mol. The summed E-state index contributed by atoms with van der Waals surface area (Å²) in [5, 5.41) is 3.78. The first-order chi connectivity index (χ1) is 5.20. The summed E-state index contributed by atoms with van der Waals surface area (Å²) in [5.41, 5.74) is 0.509. The third-order valence-corrected chi connectivity index (χ3v) is 3.62. The largest absolute Gasteiger partial charge is 0.309 e. The van der Waals surface area contributed by atoms with E-state index in [9.17, 15) is 0 Å². The second-order valence-corrected chi connectivity index (χ2v) is 4.72. The molecule has 2 bridgehead atoms. The predicted octanol–water partition coefficient (Wildman–Crippen LogP) is 2.32. The summed E-state index contributed by atoms with van der Waals surface area (Å²) in [6, 6.07) is 0.836. The molecule has 2 saturated heterocycles. The molecule has 0 spiro atoms. The molecule has 3 unspecified atom stereocenters. The summed E-state index contributed by atoms with van der Waals surface area (Å²) in [6.45, 7) is 4.79. The van der Waals surface area contributed by atoms with Crippen molar-refractivity contribution in [2.45, 2.75) is 57.5 Å². The highest BCUT2D eigenvalue weighted by molar-refractivity contribution is 4.97. The zero-order valence-corrected chi connectivity index (χ0v) is 7.69. The minimum Gasteiger partial charge on any atom is -0.309 e. The van der Waals surface area contributed by atoms with Crippen LogP contribution in [0.2, 0.25) is 0 Å². The van der Waals surface area contributed by atoms with Crippen molar-refractivity contribution in [2.75, 3.05) is 0 Å². The quantitative estimate of drug-likeness (QED) is 0.563. The van der Waals surface area contributed by atoms with Crippen molar-refractivity contribution in [3.63, 3.8) is 0 Å². The molecule has 0 amide bonds. The van der Waals surface area contributed by atoms with Crippen LogP contribution in [-0.2, 0) is 0 Å². The lowest BCUT2D eigenvalue weighted by Crippen LogP contribution is -2.57. The maximum atomic E-state index is 3.78. The van der Waals surface area contributed by atoms with E-state index in [0.717, 1.165) is 12.0 Å². The van der Waals surface area contributed by atoms with Crippen LogP contribution < -0.4 is 5.32 Å². The van der Waals surface area contributed by atoms with E-state index in [-0.39, 0.29) is 0 Å². The summed E-state index contributed by atoms with van der Waals surface area (Å²) in [5.74, 6) is 0.920. The van der Waals surface area contributed by atoms with Gasteiger partial charge in [-0.15, -0.1) is 0 Å². The van der Waals surface area contributed by atoms with Gasteiger partial charge in [-0.2, -0.15) is 0 Å². The molecule has 64 valence electrons. The molecule has 0 saturated carbocycles. The summed E-state index contributed by atoms with van der Waals surface area (Å²) < 4.78 is 0. The van der Waals surface area contributed by atoms with Crippen LogP contribution in [0.15, 0.2) is 0 Å². The molecule has 0 aromatic rings. The third kappa shape index (κ3) is 1.31. The van der Waals surface area contributed by atoms with Crippen LogP contribution in [0.1, 0.15) is 46.0 Å². The van der Waals surface area contributed by atoms with E-state index in [2.05, 4.69) is 19.2 Å². The molecule has 11 heavy (non-hydrogen) atoms. The van der Waals surface area contributed by atoms with Crippen LogP contribution in [0.3, 0.4) is 0 Å². The molecule has 3 atom stereocenters. The van der Waals surface area contributed by atoms with Crippen molar-refractivity contribution < 1.29 is 0 Å². The highest BCUT2D eigenvalue weighted by atomic mass is 15.0. The van der Waals surface area contributed by atoms with Crippen molar-refractivity contribution in [3.8, 4) is 0 Å². The number of fused-ring (bicyclic) bond motifs is 2. The van der Waals surface area contributed by atoms with Crippen molar-refractivity contribution in [1.29, 1.82) is 0 Å². The van der Waals surface area contributed by atoms with Gasteiger partial charge in [-0.05, 0) is 38.5 Å². The maximum Gasteiger partial charge on any atom is 0.0156 e. The van der Waals surface area contributed by atoms with Gasteiger partial charge in [0.25, 0.3) is 0 Å². The first-order valence-corrected chi connectivity index (χ1v) is 4.97. The Morgan fingerprint density at radius 2 is 2.09 bits per heavy atom. The number of hydrogen-bond acceptors (Lipinski definition) is 1. The van der Waals surface area contributed by atoms with E-state index < -0.39 is 0 Å². The SMILES string of the molecule is CC1CCC2(C)CCCC1N2. The Morgan fingerprint density at radius 1 is 1.27 bits per heavy atom. The normalized spacial score (nSPS) is 50.7. The van der Waals surface area contributed by atoms with Gasteiger partial charge in [-0.1, -0.05) is 13.3 Å². The molecule has 0 aliphatic carbocycles. The second kappa shape index (κ2) is 2.48. The number of hydrogen-bond donors (Lipinski definition) is 1. The van der Waals surface area contributed by atoms with Gasteiger partial charge in [0.1, 0.15) is 0 Å². The average Bonchev–Trinajstić information content (AvgIpc) is 1.99. The minimum absolute atomic E-state index is 0.509. The van der Waals surface area contributed by atoms with Crippen LogP contribution in [-0.4, -0.2) is 11.6 Å². The fraction of sp³-hybridized carbons (Fsp3) is 1.00. The molecule has 0 aromatic carbocycles. The second-order valence-electron chi connectivity index (χ2n) is 4.72. The van der Waals surface area contributed by atoms with Crippen LogP contribution in [0.5, 0.6) is 0 Å². The van der Waals surface area contributed by atoms with Crippen LogP contribution >= 0.6 is 0 Å². The topological polar surface area (TPSA) is 12.0 Å². The van der Waals surface area contributed by atoms with E-state index >= 15 is 0 Å².